The maximum absolute atomic E-state index is 5.53. The second-order valence-electron chi connectivity index (χ2n) is 6.23. The van der Waals surface area contributed by atoms with E-state index in [0.717, 1.165) is 40.1 Å². The van der Waals surface area contributed by atoms with E-state index in [2.05, 4.69) is 55.1 Å². The van der Waals surface area contributed by atoms with Crippen molar-refractivity contribution >= 4 is 5.57 Å². The van der Waals surface area contributed by atoms with E-state index in [9.17, 15) is 0 Å². The van der Waals surface area contributed by atoms with Crippen molar-refractivity contribution in [3.05, 3.63) is 72.3 Å². The van der Waals surface area contributed by atoms with Gasteiger partial charge in [-0.3, -0.25) is 0 Å². The first-order valence-corrected chi connectivity index (χ1v) is 8.49. The molecule has 3 aromatic rings. The lowest BCUT2D eigenvalue weighted by atomic mass is 10.0. The second kappa shape index (κ2) is 7.31. The number of aromatic nitrogens is 1. The van der Waals surface area contributed by atoms with Gasteiger partial charge in [-0.2, -0.15) is 0 Å². The average molecular weight is 317 g/mol. The number of rotatable bonds is 6. The molecule has 0 atom stereocenters. The zero-order valence-electron chi connectivity index (χ0n) is 14.4. The minimum Gasteiger partial charge on any atom is -0.356 e. The van der Waals surface area contributed by atoms with Crippen molar-refractivity contribution in [1.29, 1.82) is 0 Å². The average Bonchev–Trinajstić information content (AvgIpc) is 3.10. The SMILES string of the molecule is C=C(C)c1ccc(-c2cc(-c3ccc(CCCC)cc3)no2)cc1. The van der Waals surface area contributed by atoms with E-state index >= 15 is 0 Å². The molecule has 0 unspecified atom stereocenters. The summed E-state index contributed by atoms with van der Waals surface area (Å²) in [5.74, 6) is 0.785. The van der Waals surface area contributed by atoms with E-state index in [1.165, 1.54) is 18.4 Å². The Hall–Kier alpha value is -2.61. The highest BCUT2D eigenvalue weighted by Gasteiger charge is 2.09. The lowest BCUT2D eigenvalue weighted by Gasteiger charge is -2.01. The smallest absolute Gasteiger partial charge is 0.167 e. The van der Waals surface area contributed by atoms with Gasteiger partial charge in [-0.05, 0) is 30.9 Å². The van der Waals surface area contributed by atoms with Crippen LogP contribution in [0.15, 0.2) is 65.7 Å². The van der Waals surface area contributed by atoms with Gasteiger partial charge < -0.3 is 4.52 Å². The molecule has 122 valence electrons. The van der Waals surface area contributed by atoms with Crippen LogP contribution in [0.3, 0.4) is 0 Å². The molecule has 0 radical (unpaired) electrons. The van der Waals surface area contributed by atoms with Crippen LogP contribution in [0.1, 0.15) is 37.8 Å². The number of aryl methyl sites for hydroxylation is 1. The predicted octanol–water partition coefficient (Wildman–Crippen LogP) is 6.38. The number of allylic oxidation sites excluding steroid dienone is 1. The highest BCUT2D eigenvalue weighted by molar-refractivity contribution is 5.69. The van der Waals surface area contributed by atoms with Crippen molar-refractivity contribution in [2.45, 2.75) is 33.1 Å². The molecule has 0 saturated heterocycles. The van der Waals surface area contributed by atoms with E-state index in [4.69, 9.17) is 4.52 Å². The van der Waals surface area contributed by atoms with Crippen LogP contribution in [0.4, 0.5) is 0 Å². The molecule has 0 aliphatic rings. The predicted molar refractivity (Wildman–Crippen MR) is 101 cm³/mol. The van der Waals surface area contributed by atoms with Crippen LogP contribution in [-0.2, 0) is 6.42 Å². The first-order chi connectivity index (χ1) is 11.7. The van der Waals surface area contributed by atoms with Gasteiger partial charge in [0.15, 0.2) is 5.76 Å². The number of benzene rings is 2. The highest BCUT2D eigenvalue weighted by Crippen LogP contribution is 2.27. The molecule has 24 heavy (non-hydrogen) atoms. The highest BCUT2D eigenvalue weighted by atomic mass is 16.5. The molecule has 0 aliphatic carbocycles. The third kappa shape index (κ3) is 3.65. The number of nitrogens with zero attached hydrogens (tertiary/aromatic N) is 1. The molecule has 2 nitrogen and oxygen atoms in total. The standard InChI is InChI=1S/C22H23NO/c1-4-5-6-17-7-9-19(10-8-17)21-15-22(24-23-21)20-13-11-18(12-14-20)16(2)3/h7-15H,2,4-6H2,1,3H3. The first-order valence-electron chi connectivity index (χ1n) is 8.49. The van der Waals surface area contributed by atoms with Gasteiger partial charge in [0.05, 0.1) is 0 Å². The largest absolute Gasteiger partial charge is 0.356 e. The van der Waals surface area contributed by atoms with Crippen molar-refractivity contribution < 1.29 is 4.52 Å². The Morgan fingerprint density at radius 2 is 1.67 bits per heavy atom. The third-order valence-corrected chi connectivity index (χ3v) is 4.24. The molecule has 0 aliphatic heterocycles. The van der Waals surface area contributed by atoms with E-state index in [-0.39, 0.29) is 0 Å². The summed E-state index contributed by atoms with van der Waals surface area (Å²) in [5.41, 5.74) is 6.56. The van der Waals surface area contributed by atoms with E-state index in [1.54, 1.807) is 0 Å². The van der Waals surface area contributed by atoms with Crippen molar-refractivity contribution in [2.75, 3.05) is 0 Å². The van der Waals surface area contributed by atoms with E-state index in [0.29, 0.717) is 0 Å². The molecule has 0 bridgehead atoms. The molecule has 3 rings (SSSR count). The summed E-state index contributed by atoms with van der Waals surface area (Å²) in [7, 11) is 0. The van der Waals surface area contributed by atoms with Crippen molar-refractivity contribution in [1.82, 2.24) is 5.16 Å². The Bertz CT molecular complexity index is 810. The molecule has 0 N–H and O–H groups in total. The molecule has 0 spiro atoms. The fourth-order valence-corrected chi connectivity index (χ4v) is 2.69. The van der Waals surface area contributed by atoms with Crippen LogP contribution in [0.25, 0.3) is 28.2 Å². The molecule has 1 aromatic heterocycles. The van der Waals surface area contributed by atoms with Crippen molar-refractivity contribution in [3.8, 4) is 22.6 Å². The molecule has 2 heteroatoms. The molecule has 2 aromatic carbocycles. The maximum Gasteiger partial charge on any atom is 0.167 e. The number of unbranched alkanes of at least 4 members (excludes halogenated alkanes) is 1. The molecular formula is C22H23NO. The minimum absolute atomic E-state index is 0.785. The van der Waals surface area contributed by atoms with Gasteiger partial charge in [-0.15, -0.1) is 0 Å². The van der Waals surface area contributed by atoms with Gasteiger partial charge in [0.25, 0.3) is 0 Å². The summed E-state index contributed by atoms with van der Waals surface area (Å²) in [6, 6.07) is 18.8. The van der Waals surface area contributed by atoms with Crippen LogP contribution in [0.5, 0.6) is 0 Å². The van der Waals surface area contributed by atoms with Gasteiger partial charge in [0.2, 0.25) is 0 Å². The normalized spacial score (nSPS) is 10.8. The van der Waals surface area contributed by atoms with Gasteiger partial charge in [0, 0.05) is 17.2 Å². The van der Waals surface area contributed by atoms with Gasteiger partial charge >= 0.3 is 0 Å². The van der Waals surface area contributed by atoms with Gasteiger partial charge in [0.1, 0.15) is 5.69 Å². The van der Waals surface area contributed by atoms with Gasteiger partial charge in [-0.1, -0.05) is 79.2 Å². The molecular weight excluding hydrogens is 294 g/mol. The maximum atomic E-state index is 5.53. The lowest BCUT2D eigenvalue weighted by Crippen LogP contribution is -1.84. The van der Waals surface area contributed by atoms with Gasteiger partial charge in [-0.25, -0.2) is 0 Å². The zero-order valence-corrected chi connectivity index (χ0v) is 14.4. The summed E-state index contributed by atoms with van der Waals surface area (Å²) in [6.07, 6.45) is 3.59. The van der Waals surface area contributed by atoms with Crippen molar-refractivity contribution in [2.24, 2.45) is 0 Å². The second-order valence-corrected chi connectivity index (χ2v) is 6.23. The van der Waals surface area contributed by atoms with Crippen LogP contribution in [-0.4, -0.2) is 5.16 Å². The molecule has 1 heterocycles. The van der Waals surface area contributed by atoms with Crippen LogP contribution < -0.4 is 0 Å². The Morgan fingerprint density at radius 3 is 2.29 bits per heavy atom. The third-order valence-electron chi connectivity index (χ3n) is 4.24. The Morgan fingerprint density at radius 1 is 1.00 bits per heavy atom. The molecule has 0 fully saturated rings. The fraction of sp³-hybridized carbons (Fsp3) is 0.227. The summed E-state index contributed by atoms with van der Waals surface area (Å²) in [6.45, 7) is 8.18. The Labute approximate surface area is 143 Å². The number of hydrogen-bond acceptors (Lipinski definition) is 2. The zero-order chi connectivity index (χ0) is 16.9. The summed E-state index contributed by atoms with van der Waals surface area (Å²) in [5, 5.41) is 4.22. The summed E-state index contributed by atoms with van der Waals surface area (Å²) < 4.78 is 5.53. The fourth-order valence-electron chi connectivity index (χ4n) is 2.69. The quantitative estimate of drug-likeness (QED) is 0.527. The number of hydrogen-bond donors (Lipinski definition) is 0. The van der Waals surface area contributed by atoms with Crippen LogP contribution in [0.2, 0.25) is 0 Å². The van der Waals surface area contributed by atoms with E-state index in [1.807, 2.05) is 25.1 Å². The Kier molecular flexibility index (Phi) is 4.95. The molecule has 0 amide bonds. The molecule has 0 saturated carbocycles. The van der Waals surface area contributed by atoms with Crippen LogP contribution in [0, 0.1) is 0 Å². The lowest BCUT2D eigenvalue weighted by molar-refractivity contribution is 0.435. The summed E-state index contributed by atoms with van der Waals surface area (Å²) >= 11 is 0. The Balaban J connectivity index is 1.78. The monoisotopic (exact) mass is 317 g/mol. The minimum atomic E-state index is 0.785. The van der Waals surface area contributed by atoms with E-state index < -0.39 is 0 Å². The van der Waals surface area contributed by atoms with Crippen LogP contribution >= 0.6 is 0 Å². The first kappa shape index (κ1) is 16.3. The summed E-state index contributed by atoms with van der Waals surface area (Å²) in [4.78, 5) is 0. The van der Waals surface area contributed by atoms with Crippen molar-refractivity contribution in [3.63, 3.8) is 0 Å². The topological polar surface area (TPSA) is 26.0 Å².